The van der Waals surface area contributed by atoms with Crippen LogP contribution in [0.1, 0.15) is 278 Å². The van der Waals surface area contributed by atoms with Crippen LogP contribution in [-0.4, -0.2) is 177 Å². The lowest BCUT2D eigenvalue weighted by Crippen LogP contribution is -2.53. The summed E-state index contributed by atoms with van der Waals surface area (Å²) < 4.78 is 36.3. The molecule has 0 spiro atoms. The van der Waals surface area contributed by atoms with Crippen LogP contribution >= 0.6 is 0 Å². The van der Waals surface area contributed by atoms with Crippen molar-refractivity contribution in [2.75, 3.05) is 98.3 Å². The zero-order valence-corrected chi connectivity index (χ0v) is 55.5. The van der Waals surface area contributed by atoms with E-state index in [1.165, 1.54) is 32.1 Å². The van der Waals surface area contributed by atoms with Gasteiger partial charge in [-0.15, -0.1) is 0 Å². The van der Waals surface area contributed by atoms with Gasteiger partial charge in [0.25, 0.3) is 0 Å². The molecule has 16 nitrogen and oxygen atoms in total. The summed E-state index contributed by atoms with van der Waals surface area (Å²) in [5.74, 6) is -1.23. The monoisotopic (exact) mass is 1330 g/mol. The molecule has 1 N–H and O–H groups in total. The number of rotatable bonds is 33. The smallest absolute Gasteiger partial charge is 0.338 e. The molecule has 2 saturated heterocycles. The molecule has 94 heavy (non-hydrogen) atoms. The third-order valence-electron chi connectivity index (χ3n) is 16.1. The van der Waals surface area contributed by atoms with E-state index in [9.17, 15) is 24.0 Å². The van der Waals surface area contributed by atoms with Gasteiger partial charge in [-0.1, -0.05) is 207 Å². The third-order valence-corrected chi connectivity index (χ3v) is 16.1. The first-order valence-corrected chi connectivity index (χ1v) is 33.3. The van der Waals surface area contributed by atoms with Gasteiger partial charge in [0, 0.05) is 64.8 Å². The zero-order chi connectivity index (χ0) is 62.8. The quantitative estimate of drug-likeness (QED) is 0.0407. The highest BCUT2D eigenvalue weighted by molar-refractivity contribution is 5.90. The van der Waals surface area contributed by atoms with Gasteiger partial charge in [0.15, 0.2) is 12.4 Å². The summed E-state index contributed by atoms with van der Waals surface area (Å²) in [4.78, 5) is 74.6. The number of esters is 4. The molecule has 2 heterocycles. The number of ether oxygens (including phenoxy) is 6. The van der Waals surface area contributed by atoms with Crippen molar-refractivity contribution in [1.82, 2.24) is 24.9 Å². The standard InChI is InChI=1S/C70H117N5O11.8CH4/c1-56-57(2)64(84-66(80)59-38-28-25-29-39-59)67(83-60(56)55-82-65(79)58-36-26-24-27-37-58)81-51-33-23-19-15-14-18-22-32-42-73-44-35-46-74(53-62(77)85-69(6,7)8)49-47-72(43-34-45-75(50-48-73)54-63(78)86-70(9,10)11)41-31-21-17-13-12-16-20-30-40-71-61(76)52-68(3,4)5;;;;;;;;/h24-29,36-39,56-57,60,64,67H,12-23,30-35,40-55H2,1-11H3,(H,71,76);8*1H4/t56-,57-,60?,64?,67+;;;;;;;;/m0......../s1. The first kappa shape index (κ1) is 98.2. The topological polar surface area (TPSA) is 166 Å². The Hall–Kier alpha value is -4.45. The van der Waals surface area contributed by atoms with Crippen molar-refractivity contribution in [3.05, 3.63) is 71.8 Å². The number of carbonyl (C=O) groups is 5. The van der Waals surface area contributed by atoms with Crippen LogP contribution in [0.3, 0.4) is 0 Å². The van der Waals surface area contributed by atoms with Crippen molar-refractivity contribution in [3.8, 4) is 0 Å². The molecule has 2 aromatic rings. The molecule has 552 valence electrons. The van der Waals surface area contributed by atoms with Crippen LogP contribution in [0.15, 0.2) is 60.7 Å². The van der Waals surface area contributed by atoms with Crippen LogP contribution in [-0.2, 0) is 42.8 Å². The van der Waals surface area contributed by atoms with Crippen LogP contribution in [0, 0.1) is 17.3 Å². The maximum absolute atomic E-state index is 13.3. The number of amides is 1. The molecule has 1 amide bonds. The molecule has 2 fully saturated rings. The molecule has 0 saturated carbocycles. The number of nitrogens with one attached hydrogen (secondary N) is 1. The molecule has 5 atom stereocenters. The average molecular weight is 1330 g/mol. The lowest BCUT2D eigenvalue weighted by atomic mass is 9.83. The van der Waals surface area contributed by atoms with Crippen LogP contribution in [0.2, 0.25) is 0 Å². The van der Waals surface area contributed by atoms with Crippen LogP contribution in [0.4, 0.5) is 0 Å². The second-order valence-corrected chi connectivity index (χ2v) is 27.7. The number of hydrogen-bond acceptors (Lipinski definition) is 15. The second kappa shape index (κ2) is 53.6. The van der Waals surface area contributed by atoms with E-state index in [0.29, 0.717) is 24.2 Å². The van der Waals surface area contributed by atoms with Gasteiger partial charge in [-0.3, -0.25) is 24.2 Å². The van der Waals surface area contributed by atoms with E-state index < -0.39 is 41.6 Å². The fourth-order valence-corrected chi connectivity index (χ4v) is 11.2. The van der Waals surface area contributed by atoms with Gasteiger partial charge < -0.3 is 43.5 Å². The van der Waals surface area contributed by atoms with Gasteiger partial charge in [0.2, 0.25) is 5.91 Å². The summed E-state index contributed by atoms with van der Waals surface area (Å²) in [6.45, 7) is 32.5. The number of benzene rings is 2. The maximum atomic E-state index is 13.3. The Labute approximate surface area is 579 Å². The molecule has 2 aliphatic heterocycles. The summed E-state index contributed by atoms with van der Waals surface area (Å²) in [6.07, 6.45) is 18.6. The zero-order valence-electron chi connectivity index (χ0n) is 55.5. The van der Waals surface area contributed by atoms with Gasteiger partial charge in [0.1, 0.15) is 17.8 Å². The lowest BCUT2D eigenvalue weighted by molar-refractivity contribution is -0.274. The van der Waals surface area contributed by atoms with Crippen LogP contribution in [0.5, 0.6) is 0 Å². The molecular weight excluding hydrogens is 1180 g/mol. The maximum Gasteiger partial charge on any atom is 0.338 e. The second-order valence-electron chi connectivity index (χ2n) is 27.7. The first-order chi connectivity index (χ1) is 40.9. The van der Waals surface area contributed by atoms with Gasteiger partial charge >= 0.3 is 23.9 Å². The minimum Gasteiger partial charge on any atom is -0.459 e. The van der Waals surface area contributed by atoms with E-state index in [1.807, 2.05) is 79.7 Å². The Morgan fingerprint density at radius 3 is 1.29 bits per heavy atom. The predicted molar refractivity (Wildman–Crippen MR) is 397 cm³/mol. The summed E-state index contributed by atoms with van der Waals surface area (Å²) in [5, 5.41) is 3.08. The molecule has 0 bridgehead atoms. The SMILES string of the molecule is C.C.C.C.C.C.C.C.C[C@@H]1C(COC(=O)c2ccccc2)O[C@@H](OCCCCCCCCCCN2CCCN(CC(=O)OC(C)(C)C)CCN(CCCCCCCCCCNC(=O)CC(C)(C)C)CCCN(CC(=O)OC(C)(C)C)CC2)C(OC(=O)c2ccccc2)[C@H]1C. The van der Waals surface area contributed by atoms with Crippen molar-refractivity contribution in [3.63, 3.8) is 0 Å². The Morgan fingerprint density at radius 1 is 0.479 bits per heavy atom. The highest BCUT2D eigenvalue weighted by Gasteiger charge is 2.45. The van der Waals surface area contributed by atoms with E-state index in [0.717, 1.165) is 155 Å². The average Bonchev–Trinajstić information content (AvgIpc) is 0.803. The third kappa shape index (κ3) is 44.4. The molecule has 2 unspecified atom stereocenters. The number of hydrogen-bond donors (Lipinski definition) is 1. The van der Waals surface area contributed by atoms with Crippen molar-refractivity contribution in [1.29, 1.82) is 0 Å². The van der Waals surface area contributed by atoms with Gasteiger partial charge in [-0.2, -0.15) is 0 Å². The summed E-state index contributed by atoms with van der Waals surface area (Å²) in [5.41, 5.74) is -0.129. The molecule has 0 radical (unpaired) electrons. The Balaban J connectivity index is -0.00000330. The fourth-order valence-electron chi connectivity index (χ4n) is 11.2. The van der Waals surface area contributed by atoms with Crippen molar-refractivity contribution in [2.45, 2.75) is 287 Å². The number of carbonyl (C=O) groups excluding carboxylic acids is 5. The van der Waals surface area contributed by atoms with E-state index in [1.54, 1.807) is 36.4 Å². The van der Waals surface area contributed by atoms with E-state index in [2.05, 4.69) is 45.7 Å². The Bertz CT molecular complexity index is 2200. The predicted octanol–water partition coefficient (Wildman–Crippen LogP) is 17.7. The highest BCUT2D eigenvalue weighted by atomic mass is 16.7. The summed E-state index contributed by atoms with van der Waals surface area (Å²) in [6, 6.07) is 17.9. The van der Waals surface area contributed by atoms with Crippen molar-refractivity contribution in [2.24, 2.45) is 17.3 Å². The van der Waals surface area contributed by atoms with E-state index in [-0.39, 0.29) is 114 Å². The lowest BCUT2D eigenvalue weighted by Gasteiger charge is -2.43. The largest absolute Gasteiger partial charge is 0.459 e. The fraction of sp³-hybridized carbons (Fsp3) is 0.782. The minimum atomic E-state index is -0.800. The number of unbranched alkanes of at least 4 members (excludes halogenated alkanes) is 14. The number of nitrogens with zero attached hydrogens (tertiary/aromatic N) is 4. The van der Waals surface area contributed by atoms with Crippen molar-refractivity contribution < 1.29 is 52.4 Å². The van der Waals surface area contributed by atoms with Gasteiger partial charge in [-0.05, 0) is 142 Å². The summed E-state index contributed by atoms with van der Waals surface area (Å²) >= 11 is 0. The molecular formula is C78H149N5O11. The van der Waals surface area contributed by atoms with E-state index in [4.69, 9.17) is 28.4 Å². The first-order valence-electron chi connectivity index (χ1n) is 33.3. The molecule has 16 heteroatoms. The molecule has 0 aliphatic carbocycles. The van der Waals surface area contributed by atoms with Crippen molar-refractivity contribution >= 4 is 29.8 Å². The Morgan fingerprint density at radius 2 is 0.862 bits per heavy atom. The Kier molecular flexibility index (Phi) is 56.0. The molecule has 2 aromatic carbocycles. The van der Waals surface area contributed by atoms with Gasteiger partial charge in [-0.25, -0.2) is 9.59 Å². The van der Waals surface area contributed by atoms with E-state index >= 15 is 0 Å². The molecule has 4 rings (SSSR count). The van der Waals surface area contributed by atoms with Crippen LogP contribution < -0.4 is 5.32 Å². The van der Waals surface area contributed by atoms with Gasteiger partial charge in [0.05, 0.1) is 30.3 Å². The van der Waals surface area contributed by atoms with Crippen LogP contribution in [0.25, 0.3) is 0 Å². The molecule has 2 aliphatic rings. The normalized spacial score (nSPS) is 18.6. The minimum absolute atomic E-state index is 0. The summed E-state index contributed by atoms with van der Waals surface area (Å²) in [7, 11) is 0. The highest BCUT2D eigenvalue weighted by Crippen LogP contribution is 2.34. The molecule has 0 aromatic heterocycles.